The van der Waals surface area contributed by atoms with Crippen LogP contribution in [0.3, 0.4) is 0 Å². The van der Waals surface area contributed by atoms with Crippen molar-refractivity contribution in [2.45, 2.75) is 4.90 Å². The minimum atomic E-state index is -4.25. The molecule has 0 fully saturated rings. The van der Waals surface area contributed by atoms with Crippen LogP contribution in [0.4, 0.5) is 33.3 Å². The zero-order chi connectivity index (χ0) is 20.5. The third-order valence-electron chi connectivity index (χ3n) is 3.12. The number of hydrogen-bond donors (Lipinski definition) is 2. The van der Waals surface area contributed by atoms with E-state index in [0.717, 1.165) is 12.1 Å². The predicted octanol–water partition coefficient (Wildman–Crippen LogP) is 2.38. The van der Waals surface area contributed by atoms with E-state index < -0.39 is 65.9 Å². The van der Waals surface area contributed by atoms with Gasteiger partial charge in [-0.2, -0.15) is 5.10 Å². The van der Waals surface area contributed by atoms with E-state index in [1.807, 2.05) is 5.43 Å². The first-order chi connectivity index (χ1) is 12.4. The summed E-state index contributed by atoms with van der Waals surface area (Å²) in [7, 11) is -4.25. The summed E-state index contributed by atoms with van der Waals surface area (Å²) in [5.74, 6) is -11.1. The fraction of sp³-hybridized carbons (Fsp3) is 0. The first-order valence-electron chi connectivity index (χ1n) is 6.57. The van der Waals surface area contributed by atoms with Crippen LogP contribution >= 0.6 is 0 Å². The minimum Gasteiger partial charge on any atom is -0.272 e. The summed E-state index contributed by atoms with van der Waals surface area (Å²) < 4.78 is 88.5. The summed E-state index contributed by atoms with van der Waals surface area (Å²) in [4.78, 5) is 9.38. The number of primary sulfonamides is 1. The molecule has 2 aromatic carbocycles. The molecule has 0 unspecified atom stereocenters. The van der Waals surface area contributed by atoms with Crippen LogP contribution in [-0.2, 0) is 10.0 Å². The topological polar surface area (TPSA) is 128 Å². The van der Waals surface area contributed by atoms with Crippen LogP contribution in [0.5, 0.6) is 0 Å². The number of hydrazone groups is 1. The van der Waals surface area contributed by atoms with Crippen LogP contribution in [0.2, 0.25) is 0 Å². The molecule has 0 amide bonds. The number of benzene rings is 2. The average Bonchev–Trinajstić information content (AvgIpc) is 2.60. The van der Waals surface area contributed by atoms with Gasteiger partial charge in [0.15, 0.2) is 23.3 Å². The zero-order valence-corrected chi connectivity index (χ0v) is 13.5. The molecule has 27 heavy (non-hydrogen) atoms. The summed E-state index contributed by atoms with van der Waals surface area (Å²) in [5, 5.41) is 19.0. The second kappa shape index (κ2) is 7.24. The van der Waals surface area contributed by atoms with Crippen LogP contribution in [0.25, 0.3) is 0 Å². The molecule has 0 radical (unpaired) electrons. The van der Waals surface area contributed by atoms with Crippen molar-refractivity contribution in [3.63, 3.8) is 0 Å². The Morgan fingerprint density at radius 3 is 2.04 bits per heavy atom. The molecule has 8 nitrogen and oxygen atoms in total. The normalized spacial score (nSPS) is 11.8. The molecule has 0 saturated heterocycles. The van der Waals surface area contributed by atoms with Crippen molar-refractivity contribution in [2.75, 3.05) is 5.43 Å². The number of halogens is 5. The maximum Gasteiger partial charge on any atom is 0.295 e. The summed E-state index contributed by atoms with van der Waals surface area (Å²) in [6, 6.07) is 2.33. The van der Waals surface area contributed by atoms with Gasteiger partial charge in [-0.05, 0) is 12.1 Å². The van der Waals surface area contributed by atoms with E-state index in [4.69, 9.17) is 5.14 Å². The fourth-order valence-corrected chi connectivity index (χ4v) is 2.37. The molecular formula is C13H7F5N4O4S. The number of nitro groups is 1. The summed E-state index contributed by atoms with van der Waals surface area (Å²) in [5.41, 5.74) is -0.697. The molecule has 144 valence electrons. The molecule has 3 N–H and O–H groups in total. The Hall–Kier alpha value is -3.13. The van der Waals surface area contributed by atoms with E-state index in [2.05, 4.69) is 5.10 Å². The van der Waals surface area contributed by atoms with Crippen LogP contribution in [0, 0.1) is 39.2 Å². The lowest BCUT2D eigenvalue weighted by Gasteiger charge is -2.05. The summed E-state index contributed by atoms with van der Waals surface area (Å²) in [6.45, 7) is 0. The number of sulfonamides is 1. The van der Waals surface area contributed by atoms with Gasteiger partial charge in [0.2, 0.25) is 15.8 Å². The Kier molecular flexibility index (Phi) is 5.41. The monoisotopic (exact) mass is 410 g/mol. The lowest BCUT2D eigenvalue weighted by Crippen LogP contribution is -2.12. The fourth-order valence-electron chi connectivity index (χ4n) is 1.84. The third kappa shape index (κ3) is 4.01. The molecular weight excluding hydrogens is 403 g/mol. The van der Waals surface area contributed by atoms with Gasteiger partial charge in [0.05, 0.1) is 21.6 Å². The second-order valence-corrected chi connectivity index (χ2v) is 6.40. The van der Waals surface area contributed by atoms with Crippen molar-refractivity contribution in [3.05, 3.63) is 63.0 Å². The smallest absolute Gasteiger partial charge is 0.272 e. The first kappa shape index (κ1) is 20.2. The Morgan fingerprint density at radius 2 is 1.56 bits per heavy atom. The molecule has 0 aromatic heterocycles. The highest BCUT2D eigenvalue weighted by Crippen LogP contribution is 2.27. The molecule has 0 saturated carbocycles. The van der Waals surface area contributed by atoms with Gasteiger partial charge >= 0.3 is 0 Å². The number of nitrogens with two attached hydrogens (primary N) is 1. The largest absolute Gasteiger partial charge is 0.295 e. The number of nitrogens with zero attached hydrogens (tertiary/aromatic N) is 2. The molecule has 0 spiro atoms. The van der Waals surface area contributed by atoms with Crippen molar-refractivity contribution < 1.29 is 35.3 Å². The standard InChI is InChI=1S/C13H7F5N4O4S/c14-9-6(10(15)12(17)13(18)11(9)16)4-20-21-7-2-1-5(27(19,25)26)3-8(7)22(23)24/h1-4,21H,(H2,19,25,26). The molecule has 14 heteroatoms. The van der Waals surface area contributed by atoms with Gasteiger partial charge in [-0.3, -0.25) is 15.5 Å². The summed E-state index contributed by atoms with van der Waals surface area (Å²) >= 11 is 0. The molecule has 0 aliphatic carbocycles. The van der Waals surface area contributed by atoms with Crippen molar-refractivity contribution >= 4 is 27.6 Å². The SMILES string of the molecule is NS(=O)(=O)c1ccc(NN=Cc2c(F)c(F)c(F)c(F)c2F)c([N+](=O)[O-])c1. The number of rotatable bonds is 5. The van der Waals surface area contributed by atoms with Gasteiger partial charge in [-0.25, -0.2) is 35.5 Å². The molecule has 0 aliphatic rings. The van der Waals surface area contributed by atoms with Crippen LogP contribution in [0.1, 0.15) is 5.56 Å². The number of anilines is 1. The van der Waals surface area contributed by atoms with E-state index in [1.54, 1.807) is 0 Å². The Bertz CT molecular complexity index is 1050. The Morgan fingerprint density at radius 1 is 1.04 bits per heavy atom. The summed E-state index contributed by atoms with van der Waals surface area (Å²) in [6.07, 6.45) is 0.216. The van der Waals surface area contributed by atoms with E-state index >= 15 is 0 Å². The highest BCUT2D eigenvalue weighted by atomic mass is 32.2. The van der Waals surface area contributed by atoms with E-state index in [1.165, 1.54) is 0 Å². The van der Waals surface area contributed by atoms with Crippen LogP contribution in [0.15, 0.2) is 28.2 Å². The van der Waals surface area contributed by atoms with Gasteiger partial charge in [0.25, 0.3) is 5.69 Å². The van der Waals surface area contributed by atoms with Gasteiger partial charge in [-0.1, -0.05) is 0 Å². The van der Waals surface area contributed by atoms with Crippen LogP contribution in [-0.4, -0.2) is 19.6 Å². The van der Waals surface area contributed by atoms with Crippen molar-refractivity contribution in [3.8, 4) is 0 Å². The quantitative estimate of drug-likeness (QED) is 0.195. The van der Waals surface area contributed by atoms with Gasteiger partial charge < -0.3 is 0 Å². The van der Waals surface area contributed by atoms with Crippen molar-refractivity contribution in [2.24, 2.45) is 10.2 Å². The van der Waals surface area contributed by atoms with E-state index in [0.29, 0.717) is 6.07 Å². The third-order valence-corrected chi connectivity index (χ3v) is 4.03. The van der Waals surface area contributed by atoms with Gasteiger partial charge in [0, 0.05) is 6.07 Å². The molecule has 0 heterocycles. The highest BCUT2D eigenvalue weighted by Gasteiger charge is 2.25. The number of hydrogen-bond acceptors (Lipinski definition) is 6. The molecule has 0 aliphatic heterocycles. The second-order valence-electron chi connectivity index (χ2n) is 4.83. The molecule has 0 bridgehead atoms. The molecule has 0 atom stereocenters. The maximum absolute atomic E-state index is 13.5. The highest BCUT2D eigenvalue weighted by molar-refractivity contribution is 7.89. The molecule has 2 aromatic rings. The molecule has 2 rings (SSSR count). The number of nitrogens with one attached hydrogen (secondary N) is 1. The van der Waals surface area contributed by atoms with Crippen molar-refractivity contribution in [1.29, 1.82) is 0 Å². The average molecular weight is 410 g/mol. The lowest BCUT2D eigenvalue weighted by molar-refractivity contribution is -0.384. The minimum absolute atomic E-state index is 0.216. The van der Waals surface area contributed by atoms with Gasteiger partial charge in [-0.15, -0.1) is 0 Å². The van der Waals surface area contributed by atoms with E-state index in [9.17, 15) is 40.5 Å². The van der Waals surface area contributed by atoms with Gasteiger partial charge in [0.1, 0.15) is 5.69 Å². The Balaban J connectivity index is 2.42. The van der Waals surface area contributed by atoms with E-state index in [-0.39, 0.29) is 6.21 Å². The van der Waals surface area contributed by atoms with Crippen LogP contribution < -0.4 is 10.6 Å². The number of nitro benzene ring substituents is 1. The Labute approximate surface area is 147 Å². The van der Waals surface area contributed by atoms with Crippen molar-refractivity contribution in [1.82, 2.24) is 0 Å². The lowest BCUT2D eigenvalue weighted by atomic mass is 10.2. The first-order valence-corrected chi connectivity index (χ1v) is 8.11. The predicted molar refractivity (Wildman–Crippen MR) is 81.9 cm³/mol. The maximum atomic E-state index is 13.5. The zero-order valence-electron chi connectivity index (χ0n) is 12.7.